The fraction of sp³-hybridized carbons (Fsp3) is 0.583. The lowest BCUT2D eigenvalue weighted by atomic mass is 10.1. The summed E-state index contributed by atoms with van der Waals surface area (Å²) in [5.41, 5.74) is 0. The predicted molar refractivity (Wildman–Crippen MR) is 64.6 cm³/mol. The molecular weight excluding hydrogens is 238 g/mol. The standard InChI is InChI=1S/C12H19NO5/c1-8(2)10(13-9(3)14)7-18-12(16)6-5-11(15)17-4/h5-6,8,10H,7H2,1-4H3,(H,13,14)/b6-5+/t10-/m0/s1. The lowest BCUT2D eigenvalue weighted by molar-refractivity contribution is -0.140. The quantitative estimate of drug-likeness (QED) is 0.551. The van der Waals surface area contributed by atoms with E-state index in [1.165, 1.54) is 14.0 Å². The van der Waals surface area contributed by atoms with E-state index in [4.69, 9.17) is 4.74 Å². The molecule has 0 heterocycles. The topological polar surface area (TPSA) is 81.7 Å². The average molecular weight is 257 g/mol. The molecular formula is C12H19NO5. The average Bonchev–Trinajstić information content (AvgIpc) is 2.30. The van der Waals surface area contributed by atoms with Crippen molar-refractivity contribution in [2.75, 3.05) is 13.7 Å². The Morgan fingerprint density at radius 3 is 2.17 bits per heavy atom. The van der Waals surface area contributed by atoms with Gasteiger partial charge in [0.15, 0.2) is 0 Å². The Hall–Kier alpha value is -1.85. The number of hydrogen-bond acceptors (Lipinski definition) is 5. The van der Waals surface area contributed by atoms with Crippen LogP contribution >= 0.6 is 0 Å². The number of hydrogen-bond donors (Lipinski definition) is 1. The Morgan fingerprint density at radius 1 is 1.17 bits per heavy atom. The van der Waals surface area contributed by atoms with Crippen LogP contribution in [-0.4, -0.2) is 37.6 Å². The van der Waals surface area contributed by atoms with Crippen molar-refractivity contribution in [2.24, 2.45) is 5.92 Å². The van der Waals surface area contributed by atoms with Crippen molar-refractivity contribution in [1.29, 1.82) is 0 Å². The zero-order valence-electron chi connectivity index (χ0n) is 11.1. The van der Waals surface area contributed by atoms with E-state index in [-0.39, 0.29) is 24.5 Å². The van der Waals surface area contributed by atoms with Crippen LogP contribution in [0.25, 0.3) is 0 Å². The first-order valence-electron chi connectivity index (χ1n) is 5.56. The monoisotopic (exact) mass is 257 g/mol. The van der Waals surface area contributed by atoms with Crippen LogP contribution < -0.4 is 5.32 Å². The van der Waals surface area contributed by atoms with E-state index < -0.39 is 11.9 Å². The van der Waals surface area contributed by atoms with Gasteiger partial charge in [0.1, 0.15) is 6.61 Å². The van der Waals surface area contributed by atoms with E-state index >= 15 is 0 Å². The van der Waals surface area contributed by atoms with Crippen LogP contribution in [0.3, 0.4) is 0 Å². The highest BCUT2D eigenvalue weighted by atomic mass is 16.5. The molecule has 18 heavy (non-hydrogen) atoms. The van der Waals surface area contributed by atoms with Gasteiger partial charge in [0, 0.05) is 19.1 Å². The molecule has 0 aromatic carbocycles. The highest BCUT2D eigenvalue weighted by Gasteiger charge is 2.16. The molecule has 0 aliphatic heterocycles. The third kappa shape index (κ3) is 7.43. The lowest BCUT2D eigenvalue weighted by Crippen LogP contribution is -2.41. The maximum Gasteiger partial charge on any atom is 0.331 e. The minimum atomic E-state index is -0.656. The van der Waals surface area contributed by atoms with Gasteiger partial charge in [-0.3, -0.25) is 4.79 Å². The summed E-state index contributed by atoms with van der Waals surface area (Å²) in [4.78, 5) is 32.9. The minimum Gasteiger partial charge on any atom is -0.466 e. The molecule has 0 saturated heterocycles. The summed E-state index contributed by atoms with van der Waals surface area (Å²) in [6.45, 7) is 5.26. The number of carbonyl (C=O) groups is 3. The molecule has 102 valence electrons. The highest BCUT2D eigenvalue weighted by Crippen LogP contribution is 2.02. The molecule has 6 heteroatoms. The number of carbonyl (C=O) groups excluding carboxylic acids is 3. The first kappa shape index (κ1) is 16.1. The Morgan fingerprint density at radius 2 is 1.72 bits per heavy atom. The first-order chi connectivity index (χ1) is 8.36. The Balaban J connectivity index is 4.19. The van der Waals surface area contributed by atoms with Crippen molar-refractivity contribution in [3.05, 3.63) is 12.2 Å². The molecule has 0 unspecified atom stereocenters. The largest absolute Gasteiger partial charge is 0.466 e. The van der Waals surface area contributed by atoms with Gasteiger partial charge in [-0.1, -0.05) is 13.8 Å². The molecule has 0 saturated carbocycles. The maximum atomic E-state index is 11.2. The Labute approximate surface area is 106 Å². The van der Waals surface area contributed by atoms with Gasteiger partial charge >= 0.3 is 11.9 Å². The summed E-state index contributed by atoms with van der Waals surface area (Å²) in [5.74, 6) is -1.34. The van der Waals surface area contributed by atoms with Gasteiger partial charge in [-0.2, -0.15) is 0 Å². The van der Waals surface area contributed by atoms with Crippen LogP contribution in [0.1, 0.15) is 20.8 Å². The number of ether oxygens (including phenoxy) is 2. The van der Waals surface area contributed by atoms with Crippen molar-refractivity contribution in [1.82, 2.24) is 5.32 Å². The maximum absolute atomic E-state index is 11.2. The van der Waals surface area contributed by atoms with Crippen LogP contribution in [0.4, 0.5) is 0 Å². The third-order valence-electron chi connectivity index (χ3n) is 2.16. The predicted octanol–water partition coefficient (Wildman–Crippen LogP) is 0.419. The molecule has 0 rings (SSSR count). The summed E-state index contributed by atoms with van der Waals surface area (Å²) < 4.78 is 9.24. The second-order valence-electron chi connectivity index (χ2n) is 4.04. The highest BCUT2D eigenvalue weighted by molar-refractivity contribution is 5.91. The fourth-order valence-corrected chi connectivity index (χ4v) is 1.09. The summed E-state index contributed by atoms with van der Waals surface area (Å²) in [5, 5.41) is 2.68. The van der Waals surface area contributed by atoms with Crippen LogP contribution in [0.2, 0.25) is 0 Å². The molecule has 0 aromatic heterocycles. The lowest BCUT2D eigenvalue weighted by Gasteiger charge is -2.20. The first-order valence-corrected chi connectivity index (χ1v) is 5.56. The fourth-order valence-electron chi connectivity index (χ4n) is 1.09. The van der Waals surface area contributed by atoms with E-state index in [0.717, 1.165) is 12.2 Å². The molecule has 0 bridgehead atoms. The molecule has 0 aliphatic carbocycles. The Kier molecular flexibility index (Phi) is 7.42. The van der Waals surface area contributed by atoms with Crippen LogP contribution in [0, 0.1) is 5.92 Å². The normalized spacial score (nSPS) is 12.3. The van der Waals surface area contributed by atoms with E-state index in [1.807, 2.05) is 13.8 Å². The van der Waals surface area contributed by atoms with Gasteiger partial charge in [-0.25, -0.2) is 9.59 Å². The molecule has 6 nitrogen and oxygen atoms in total. The van der Waals surface area contributed by atoms with Gasteiger partial charge in [0.2, 0.25) is 5.91 Å². The van der Waals surface area contributed by atoms with Crippen LogP contribution in [0.5, 0.6) is 0 Å². The summed E-state index contributed by atoms with van der Waals surface area (Å²) in [6, 6.07) is -0.252. The number of amides is 1. The van der Waals surface area contributed by atoms with Gasteiger partial charge in [0.25, 0.3) is 0 Å². The second kappa shape index (κ2) is 8.27. The smallest absolute Gasteiger partial charge is 0.331 e. The number of methoxy groups -OCH3 is 1. The van der Waals surface area contributed by atoms with Crippen molar-refractivity contribution >= 4 is 17.8 Å². The number of nitrogens with one attached hydrogen (secondary N) is 1. The van der Waals surface area contributed by atoms with E-state index in [1.54, 1.807) is 0 Å². The molecule has 0 aliphatic rings. The SMILES string of the molecule is COC(=O)/C=C/C(=O)OC[C@H](NC(C)=O)C(C)C. The van der Waals surface area contributed by atoms with Crippen molar-refractivity contribution in [3.63, 3.8) is 0 Å². The molecule has 0 spiro atoms. The van der Waals surface area contributed by atoms with Crippen LogP contribution in [0.15, 0.2) is 12.2 Å². The van der Waals surface area contributed by atoms with Gasteiger partial charge in [-0.15, -0.1) is 0 Å². The second-order valence-corrected chi connectivity index (χ2v) is 4.04. The van der Waals surface area contributed by atoms with Gasteiger partial charge in [0.05, 0.1) is 13.2 Å². The molecule has 0 radical (unpaired) electrons. The van der Waals surface area contributed by atoms with Gasteiger partial charge in [-0.05, 0) is 5.92 Å². The molecule has 1 N–H and O–H groups in total. The summed E-state index contributed by atoms with van der Waals surface area (Å²) >= 11 is 0. The molecule has 0 fully saturated rings. The van der Waals surface area contributed by atoms with E-state index in [0.29, 0.717) is 0 Å². The minimum absolute atomic E-state index is 0.0571. The van der Waals surface area contributed by atoms with E-state index in [2.05, 4.69) is 10.1 Å². The Bertz CT molecular complexity index is 335. The molecule has 1 amide bonds. The van der Waals surface area contributed by atoms with E-state index in [9.17, 15) is 14.4 Å². The third-order valence-corrected chi connectivity index (χ3v) is 2.16. The summed E-state index contributed by atoms with van der Waals surface area (Å²) in [7, 11) is 1.21. The zero-order chi connectivity index (χ0) is 14.1. The molecule has 1 atom stereocenters. The van der Waals surface area contributed by atoms with Crippen molar-refractivity contribution in [2.45, 2.75) is 26.8 Å². The van der Waals surface area contributed by atoms with Crippen molar-refractivity contribution < 1.29 is 23.9 Å². The van der Waals surface area contributed by atoms with Gasteiger partial charge < -0.3 is 14.8 Å². The number of esters is 2. The van der Waals surface area contributed by atoms with Crippen LogP contribution in [-0.2, 0) is 23.9 Å². The summed E-state index contributed by atoms with van der Waals surface area (Å²) in [6.07, 6.45) is 1.96. The molecule has 0 aromatic rings. The zero-order valence-corrected chi connectivity index (χ0v) is 11.1. The number of rotatable bonds is 6. The van der Waals surface area contributed by atoms with Crippen molar-refractivity contribution in [3.8, 4) is 0 Å².